The van der Waals surface area contributed by atoms with Gasteiger partial charge in [-0.3, -0.25) is 5.84 Å². The molecule has 0 spiro atoms. The maximum Gasteiger partial charge on any atom is 0.124 e. The predicted molar refractivity (Wildman–Crippen MR) is 78.2 cm³/mol. The molecule has 0 aliphatic rings. The van der Waals surface area contributed by atoms with Gasteiger partial charge in [-0.05, 0) is 19.4 Å². The van der Waals surface area contributed by atoms with Crippen LogP contribution in [0, 0.1) is 6.92 Å². The summed E-state index contributed by atoms with van der Waals surface area (Å²) in [5.41, 5.74) is 3.90. The van der Waals surface area contributed by atoms with Crippen LogP contribution in [-0.4, -0.2) is 11.6 Å². The number of aryl methyl sites for hydroxylation is 1. The Morgan fingerprint density at radius 2 is 2.21 bits per heavy atom. The van der Waals surface area contributed by atoms with Gasteiger partial charge in [-0.1, -0.05) is 25.1 Å². The van der Waals surface area contributed by atoms with Crippen LogP contribution in [0.5, 0.6) is 5.75 Å². The third-order valence-electron chi connectivity index (χ3n) is 2.78. The highest BCUT2D eigenvalue weighted by atomic mass is 32.1. The number of nitrogens with two attached hydrogens (primary N) is 1. The molecule has 1 aromatic heterocycles. The van der Waals surface area contributed by atoms with Crippen LogP contribution in [-0.2, 0) is 0 Å². The highest BCUT2D eigenvalue weighted by molar-refractivity contribution is 7.11. The van der Waals surface area contributed by atoms with Crippen molar-refractivity contribution < 1.29 is 4.74 Å². The number of hydrogen-bond donors (Lipinski definition) is 2. The first-order valence-corrected chi connectivity index (χ1v) is 7.18. The third-order valence-corrected chi connectivity index (χ3v) is 3.76. The van der Waals surface area contributed by atoms with E-state index in [0.29, 0.717) is 6.61 Å². The van der Waals surface area contributed by atoms with Gasteiger partial charge in [-0.15, -0.1) is 11.3 Å². The van der Waals surface area contributed by atoms with E-state index in [1.807, 2.05) is 37.4 Å². The quantitative estimate of drug-likeness (QED) is 0.629. The normalized spacial score (nSPS) is 12.4. The van der Waals surface area contributed by atoms with E-state index in [1.165, 1.54) is 0 Å². The van der Waals surface area contributed by atoms with E-state index < -0.39 is 0 Å². The van der Waals surface area contributed by atoms with E-state index in [2.05, 4.69) is 17.3 Å². The van der Waals surface area contributed by atoms with Crippen LogP contribution in [0.1, 0.15) is 34.8 Å². The van der Waals surface area contributed by atoms with E-state index in [0.717, 1.165) is 27.6 Å². The Kier molecular flexibility index (Phi) is 4.90. The fraction of sp³-hybridized carbons (Fsp3) is 0.357. The standard InChI is InChI=1S/C14H19N3OS/c1-3-8-18-12-7-5-4-6-11(12)14(17-15)13-9-16-10(2)19-13/h4-7,9,14,17H,3,8,15H2,1-2H3. The van der Waals surface area contributed by atoms with Crippen molar-refractivity contribution in [1.82, 2.24) is 10.4 Å². The molecule has 0 aliphatic carbocycles. The van der Waals surface area contributed by atoms with Crippen molar-refractivity contribution >= 4 is 11.3 Å². The van der Waals surface area contributed by atoms with Gasteiger partial charge >= 0.3 is 0 Å². The smallest absolute Gasteiger partial charge is 0.124 e. The minimum atomic E-state index is -0.0840. The first kappa shape index (κ1) is 14.0. The molecule has 19 heavy (non-hydrogen) atoms. The van der Waals surface area contributed by atoms with Gasteiger partial charge in [-0.2, -0.15) is 0 Å². The van der Waals surface area contributed by atoms with Gasteiger partial charge in [0.15, 0.2) is 0 Å². The molecule has 1 heterocycles. The van der Waals surface area contributed by atoms with Gasteiger partial charge in [-0.25, -0.2) is 10.4 Å². The summed E-state index contributed by atoms with van der Waals surface area (Å²) >= 11 is 1.64. The van der Waals surface area contributed by atoms with Crippen LogP contribution in [0.3, 0.4) is 0 Å². The van der Waals surface area contributed by atoms with Gasteiger partial charge in [0.25, 0.3) is 0 Å². The highest BCUT2D eigenvalue weighted by Crippen LogP contribution is 2.32. The molecular formula is C14H19N3OS. The fourth-order valence-electron chi connectivity index (χ4n) is 1.90. The monoisotopic (exact) mass is 277 g/mol. The van der Waals surface area contributed by atoms with E-state index in [-0.39, 0.29) is 6.04 Å². The zero-order chi connectivity index (χ0) is 13.7. The number of ether oxygens (including phenoxy) is 1. The predicted octanol–water partition coefficient (Wildman–Crippen LogP) is 2.79. The lowest BCUT2D eigenvalue weighted by Gasteiger charge is -2.18. The van der Waals surface area contributed by atoms with E-state index >= 15 is 0 Å². The molecule has 4 nitrogen and oxygen atoms in total. The number of benzene rings is 1. The molecule has 2 rings (SSSR count). The van der Waals surface area contributed by atoms with Crippen LogP contribution in [0.4, 0.5) is 0 Å². The van der Waals surface area contributed by atoms with E-state index in [1.54, 1.807) is 11.3 Å². The molecule has 3 N–H and O–H groups in total. The summed E-state index contributed by atoms with van der Waals surface area (Å²) in [6.07, 6.45) is 2.84. The summed E-state index contributed by atoms with van der Waals surface area (Å²) in [5.74, 6) is 6.59. The second kappa shape index (κ2) is 6.65. The molecule has 5 heteroatoms. The Balaban J connectivity index is 2.32. The van der Waals surface area contributed by atoms with Crippen molar-refractivity contribution in [3.63, 3.8) is 0 Å². The molecule has 0 saturated heterocycles. The van der Waals surface area contributed by atoms with Gasteiger partial charge in [0, 0.05) is 16.6 Å². The Hall–Kier alpha value is -1.43. The molecule has 0 saturated carbocycles. The Bertz CT molecular complexity index is 527. The fourth-order valence-corrected chi connectivity index (χ4v) is 2.76. The number of nitrogens with one attached hydrogen (secondary N) is 1. The van der Waals surface area contributed by atoms with Crippen LogP contribution >= 0.6 is 11.3 Å². The number of hydrazine groups is 1. The largest absolute Gasteiger partial charge is 0.493 e. The maximum atomic E-state index is 5.79. The van der Waals surface area contributed by atoms with Crippen LogP contribution in [0.15, 0.2) is 30.5 Å². The van der Waals surface area contributed by atoms with Crippen molar-refractivity contribution in [3.8, 4) is 5.75 Å². The number of aromatic nitrogens is 1. The van der Waals surface area contributed by atoms with Crippen LogP contribution in [0.2, 0.25) is 0 Å². The maximum absolute atomic E-state index is 5.79. The van der Waals surface area contributed by atoms with Crippen LogP contribution < -0.4 is 16.0 Å². The lowest BCUT2D eigenvalue weighted by Crippen LogP contribution is -2.28. The molecule has 0 aliphatic heterocycles. The molecule has 0 bridgehead atoms. The van der Waals surface area contributed by atoms with Crippen molar-refractivity contribution in [2.75, 3.05) is 6.61 Å². The average Bonchev–Trinajstić information content (AvgIpc) is 2.85. The molecule has 0 fully saturated rings. The second-order valence-corrected chi connectivity index (χ2v) is 5.53. The van der Waals surface area contributed by atoms with Gasteiger partial charge in [0.05, 0.1) is 17.7 Å². The number of para-hydroxylation sites is 1. The zero-order valence-electron chi connectivity index (χ0n) is 11.2. The summed E-state index contributed by atoms with van der Waals surface area (Å²) in [6, 6.07) is 7.89. The lowest BCUT2D eigenvalue weighted by atomic mass is 10.1. The molecule has 102 valence electrons. The van der Waals surface area contributed by atoms with Crippen molar-refractivity contribution in [3.05, 3.63) is 45.9 Å². The number of nitrogens with zero attached hydrogens (tertiary/aromatic N) is 1. The molecule has 1 aromatic carbocycles. The van der Waals surface area contributed by atoms with Crippen molar-refractivity contribution in [2.45, 2.75) is 26.3 Å². The SMILES string of the molecule is CCCOc1ccccc1C(NN)c1cnc(C)s1. The molecule has 1 atom stereocenters. The first-order chi connectivity index (χ1) is 9.26. The third kappa shape index (κ3) is 3.32. The van der Waals surface area contributed by atoms with E-state index in [9.17, 15) is 0 Å². The molecule has 2 aromatic rings. The summed E-state index contributed by atoms with van der Waals surface area (Å²) in [7, 11) is 0. The van der Waals surface area contributed by atoms with Crippen molar-refractivity contribution in [2.24, 2.45) is 5.84 Å². The Morgan fingerprint density at radius 1 is 1.42 bits per heavy atom. The summed E-state index contributed by atoms with van der Waals surface area (Å²) in [4.78, 5) is 5.38. The number of thiazole rings is 1. The van der Waals surface area contributed by atoms with Crippen LogP contribution in [0.25, 0.3) is 0 Å². The van der Waals surface area contributed by atoms with E-state index in [4.69, 9.17) is 10.6 Å². The summed E-state index contributed by atoms with van der Waals surface area (Å²) in [6.45, 7) is 4.78. The highest BCUT2D eigenvalue weighted by Gasteiger charge is 2.18. The summed E-state index contributed by atoms with van der Waals surface area (Å²) in [5, 5.41) is 1.03. The van der Waals surface area contributed by atoms with Gasteiger partial charge < -0.3 is 4.74 Å². The van der Waals surface area contributed by atoms with Gasteiger partial charge in [0.2, 0.25) is 0 Å². The topological polar surface area (TPSA) is 60.2 Å². The van der Waals surface area contributed by atoms with Crippen molar-refractivity contribution in [1.29, 1.82) is 0 Å². The zero-order valence-corrected chi connectivity index (χ0v) is 12.0. The molecule has 1 unspecified atom stereocenters. The second-order valence-electron chi connectivity index (χ2n) is 4.27. The molecular weight excluding hydrogens is 258 g/mol. The molecule has 0 radical (unpaired) electrons. The average molecular weight is 277 g/mol. The molecule has 0 amide bonds. The Morgan fingerprint density at radius 3 is 2.84 bits per heavy atom. The minimum absolute atomic E-state index is 0.0840. The Labute approximate surface area is 117 Å². The minimum Gasteiger partial charge on any atom is -0.493 e. The summed E-state index contributed by atoms with van der Waals surface area (Å²) < 4.78 is 5.79. The first-order valence-electron chi connectivity index (χ1n) is 6.36. The number of rotatable bonds is 6. The lowest BCUT2D eigenvalue weighted by molar-refractivity contribution is 0.312. The van der Waals surface area contributed by atoms with Gasteiger partial charge in [0.1, 0.15) is 5.75 Å². The number of hydrogen-bond acceptors (Lipinski definition) is 5.